The molecule has 1 fully saturated rings. The third kappa shape index (κ3) is 3.93. The standard InChI is InChI=1S/C24H26FN5O3/c25-18-10-5-4-7-16(18)14-29-22(31)20-13-19(21-11-6-12-33-21)28-30(20)15-24(29,26)23(32)27-17-8-2-1-3-9-17/h4-7,10-13,17H,1-3,8-9,14-15,26H2,(H,27,32). The number of hydrogen-bond acceptors (Lipinski definition) is 5. The van der Waals surface area contributed by atoms with Crippen LogP contribution < -0.4 is 11.1 Å². The predicted octanol–water partition coefficient (Wildman–Crippen LogP) is 3.04. The van der Waals surface area contributed by atoms with Gasteiger partial charge in [-0.2, -0.15) is 5.10 Å². The van der Waals surface area contributed by atoms with Crippen molar-refractivity contribution in [1.29, 1.82) is 0 Å². The van der Waals surface area contributed by atoms with Crippen molar-refractivity contribution in [3.05, 3.63) is 65.8 Å². The van der Waals surface area contributed by atoms with Gasteiger partial charge in [-0.3, -0.25) is 20.0 Å². The van der Waals surface area contributed by atoms with Crippen molar-refractivity contribution in [1.82, 2.24) is 20.0 Å². The Balaban J connectivity index is 1.52. The smallest absolute Gasteiger partial charge is 0.274 e. The minimum atomic E-state index is -1.73. The molecule has 1 aliphatic heterocycles. The molecule has 0 radical (unpaired) electrons. The molecule has 1 atom stereocenters. The first-order valence-corrected chi connectivity index (χ1v) is 11.2. The summed E-state index contributed by atoms with van der Waals surface area (Å²) in [6.45, 7) is -0.191. The molecule has 172 valence electrons. The van der Waals surface area contributed by atoms with Crippen molar-refractivity contribution in [3.8, 4) is 11.5 Å². The molecule has 1 aliphatic carbocycles. The van der Waals surface area contributed by atoms with E-state index in [0.29, 0.717) is 11.5 Å². The monoisotopic (exact) mass is 451 g/mol. The first-order chi connectivity index (χ1) is 16.0. The second-order valence-corrected chi connectivity index (χ2v) is 8.77. The van der Waals surface area contributed by atoms with Gasteiger partial charge in [-0.05, 0) is 31.0 Å². The van der Waals surface area contributed by atoms with E-state index in [-0.39, 0.29) is 30.4 Å². The van der Waals surface area contributed by atoms with E-state index in [1.807, 2.05) is 0 Å². The van der Waals surface area contributed by atoms with Gasteiger partial charge in [0.1, 0.15) is 17.2 Å². The summed E-state index contributed by atoms with van der Waals surface area (Å²) in [5.41, 5.74) is 5.97. The van der Waals surface area contributed by atoms with Crippen LogP contribution >= 0.6 is 0 Å². The number of nitrogens with zero attached hydrogens (tertiary/aromatic N) is 3. The van der Waals surface area contributed by atoms with Crippen LogP contribution in [0.1, 0.15) is 48.2 Å². The molecule has 33 heavy (non-hydrogen) atoms. The third-order valence-corrected chi connectivity index (χ3v) is 6.51. The Hall–Kier alpha value is -3.46. The number of rotatable bonds is 5. The van der Waals surface area contributed by atoms with Crippen LogP contribution in [0.15, 0.2) is 53.1 Å². The van der Waals surface area contributed by atoms with Crippen molar-refractivity contribution in [3.63, 3.8) is 0 Å². The third-order valence-electron chi connectivity index (χ3n) is 6.51. The highest BCUT2D eigenvalue weighted by Gasteiger charge is 2.49. The number of hydrogen-bond donors (Lipinski definition) is 2. The molecule has 0 bridgehead atoms. The lowest BCUT2D eigenvalue weighted by Gasteiger charge is -2.43. The Labute approximate surface area is 190 Å². The van der Waals surface area contributed by atoms with Gasteiger partial charge in [0.25, 0.3) is 11.8 Å². The maximum atomic E-state index is 14.5. The van der Waals surface area contributed by atoms with Crippen molar-refractivity contribution < 1.29 is 18.4 Å². The Morgan fingerprint density at radius 2 is 2.00 bits per heavy atom. The van der Waals surface area contributed by atoms with Gasteiger partial charge in [-0.1, -0.05) is 37.5 Å². The largest absolute Gasteiger partial charge is 0.463 e. The molecule has 0 saturated heterocycles. The summed E-state index contributed by atoms with van der Waals surface area (Å²) in [7, 11) is 0. The topological polar surface area (TPSA) is 106 Å². The highest BCUT2D eigenvalue weighted by Crippen LogP contribution is 2.30. The normalized spacial score (nSPS) is 21.2. The summed E-state index contributed by atoms with van der Waals surface area (Å²) >= 11 is 0. The zero-order chi connectivity index (χ0) is 23.0. The molecule has 8 nitrogen and oxygen atoms in total. The molecule has 5 rings (SSSR count). The minimum absolute atomic E-state index is 0.00906. The number of furan rings is 1. The fourth-order valence-corrected chi connectivity index (χ4v) is 4.65. The molecular weight excluding hydrogens is 425 g/mol. The molecule has 9 heteroatoms. The SMILES string of the molecule is NC1(C(=O)NC2CCCCC2)Cn2nc(-c3ccco3)cc2C(=O)N1Cc1ccccc1F. The zero-order valence-corrected chi connectivity index (χ0v) is 18.2. The molecule has 1 unspecified atom stereocenters. The number of fused-ring (bicyclic) bond motifs is 1. The summed E-state index contributed by atoms with van der Waals surface area (Å²) in [4.78, 5) is 28.3. The van der Waals surface area contributed by atoms with Gasteiger partial charge >= 0.3 is 0 Å². The van der Waals surface area contributed by atoms with Crippen LogP contribution in [-0.4, -0.2) is 38.2 Å². The molecule has 0 spiro atoms. The van der Waals surface area contributed by atoms with Gasteiger partial charge in [0.2, 0.25) is 0 Å². The first-order valence-electron chi connectivity index (χ1n) is 11.2. The van der Waals surface area contributed by atoms with E-state index in [2.05, 4.69) is 10.4 Å². The van der Waals surface area contributed by atoms with Crippen LogP contribution in [-0.2, 0) is 17.9 Å². The molecule has 3 N–H and O–H groups in total. The summed E-state index contributed by atoms with van der Waals surface area (Å²) < 4.78 is 21.3. The molecule has 2 amide bonds. The number of benzene rings is 1. The fourth-order valence-electron chi connectivity index (χ4n) is 4.65. The summed E-state index contributed by atoms with van der Waals surface area (Å²) in [6.07, 6.45) is 6.49. The molecule has 3 aromatic rings. The van der Waals surface area contributed by atoms with Crippen molar-refractivity contribution in [2.75, 3.05) is 0 Å². The Bertz CT molecular complexity index is 1170. The number of nitrogens with two attached hydrogens (primary N) is 1. The van der Waals surface area contributed by atoms with E-state index in [9.17, 15) is 14.0 Å². The van der Waals surface area contributed by atoms with Crippen LogP contribution in [0, 0.1) is 5.82 Å². The maximum absolute atomic E-state index is 14.5. The van der Waals surface area contributed by atoms with E-state index < -0.39 is 23.3 Å². The van der Waals surface area contributed by atoms with Crippen LogP contribution in [0.4, 0.5) is 4.39 Å². The van der Waals surface area contributed by atoms with Gasteiger partial charge in [-0.15, -0.1) is 0 Å². The lowest BCUT2D eigenvalue weighted by Crippen LogP contribution is -2.71. The Morgan fingerprint density at radius 1 is 1.21 bits per heavy atom. The predicted molar refractivity (Wildman–Crippen MR) is 118 cm³/mol. The quantitative estimate of drug-likeness (QED) is 0.620. The summed E-state index contributed by atoms with van der Waals surface area (Å²) in [5.74, 6) is -0.911. The van der Waals surface area contributed by atoms with E-state index in [0.717, 1.165) is 32.1 Å². The number of halogens is 1. The van der Waals surface area contributed by atoms with Gasteiger partial charge in [0, 0.05) is 17.7 Å². The highest BCUT2D eigenvalue weighted by molar-refractivity contribution is 6.00. The molecule has 3 heterocycles. The number of carbonyl (C=O) groups is 2. The van der Waals surface area contributed by atoms with E-state index >= 15 is 0 Å². The van der Waals surface area contributed by atoms with Gasteiger partial charge in [0.05, 0.1) is 19.4 Å². The summed E-state index contributed by atoms with van der Waals surface area (Å²) in [6, 6.07) is 11.3. The average molecular weight is 452 g/mol. The van der Waals surface area contributed by atoms with Crippen LogP contribution in [0.3, 0.4) is 0 Å². The van der Waals surface area contributed by atoms with E-state index in [1.54, 1.807) is 36.4 Å². The second kappa shape index (κ2) is 8.47. The molecule has 1 aromatic carbocycles. The number of aromatic nitrogens is 2. The lowest BCUT2D eigenvalue weighted by molar-refractivity contribution is -0.135. The number of amides is 2. The minimum Gasteiger partial charge on any atom is -0.463 e. The molecule has 2 aromatic heterocycles. The molecule has 2 aliphatic rings. The van der Waals surface area contributed by atoms with Crippen molar-refractivity contribution >= 4 is 11.8 Å². The number of nitrogens with one attached hydrogen (secondary N) is 1. The fraction of sp³-hybridized carbons (Fsp3) is 0.375. The molecule has 1 saturated carbocycles. The first kappa shape index (κ1) is 21.4. The average Bonchev–Trinajstić information content (AvgIpc) is 3.48. The summed E-state index contributed by atoms with van der Waals surface area (Å²) in [5, 5.41) is 7.50. The van der Waals surface area contributed by atoms with Gasteiger partial charge < -0.3 is 14.6 Å². The van der Waals surface area contributed by atoms with E-state index in [1.165, 1.54) is 21.9 Å². The van der Waals surface area contributed by atoms with Crippen LogP contribution in [0.5, 0.6) is 0 Å². The number of carbonyl (C=O) groups excluding carboxylic acids is 2. The Kier molecular flexibility index (Phi) is 5.49. The van der Waals surface area contributed by atoms with Crippen LogP contribution in [0.25, 0.3) is 11.5 Å². The van der Waals surface area contributed by atoms with Gasteiger partial charge in [-0.25, -0.2) is 4.39 Å². The second-order valence-electron chi connectivity index (χ2n) is 8.77. The van der Waals surface area contributed by atoms with E-state index in [4.69, 9.17) is 10.2 Å². The van der Waals surface area contributed by atoms with Crippen molar-refractivity contribution in [2.45, 2.75) is 56.9 Å². The highest BCUT2D eigenvalue weighted by atomic mass is 19.1. The zero-order valence-electron chi connectivity index (χ0n) is 18.2. The Morgan fingerprint density at radius 3 is 2.73 bits per heavy atom. The van der Waals surface area contributed by atoms with Crippen molar-refractivity contribution in [2.24, 2.45) is 5.73 Å². The van der Waals surface area contributed by atoms with Crippen LogP contribution in [0.2, 0.25) is 0 Å². The van der Waals surface area contributed by atoms with Gasteiger partial charge in [0.15, 0.2) is 11.4 Å². The molecular formula is C24H26FN5O3. The maximum Gasteiger partial charge on any atom is 0.274 e. The lowest BCUT2D eigenvalue weighted by atomic mass is 9.94.